The molecule has 0 bridgehead atoms. The number of amides is 1. The number of alkyl halides is 3. The Morgan fingerprint density at radius 1 is 1.33 bits per heavy atom. The lowest BCUT2D eigenvalue weighted by Crippen LogP contribution is -2.46. The van der Waals surface area contributed by atoms with Crippen LogP contribution in [0.4, 0.5) is 13.2 Å². The van der Waals surface area contributed by atoms with Crippen molar-refractivity contribution in [1.82, 2.24) is 24.3 Å². The molecule has 3 aromatic rings. The lowest BCUT2D eigenvalue weighted by molar-refractivity contribution is -0.158. The van der Waals surface area contributed by atoms with E-state index in [1.807, 2.05) is 13.0 Å². The molecule has 1 unspecified atom stereocenters. The highest BCUT2D eigenvalue weighted by atomic mass is 32.1. The molecule has 0 spiro atoms. The van der Waals surface area contributed by atoms with Crippen LogP contribution < -0.4 is 5.32 Å². The Bertz CT molecular complexity index is 1020. The fraction of sp³-hybridized carbons (Fsp3) is 0.412. The van der Waals surface area contributed by atoms with E-state index in [0.29, 0.717) is 18.5 Å². The number of aromatic nitrogens is 4. The molecule has 0 saturated heterocycles. The zero-order valence-electron chi connectivity index (χ0n) is 14.5. The highest BCUT2D eigenvalue weighted by molar-refractivity contribution is 7.09. The van der Waals surface area contributed by atoms with Gasteiger partial charge in [-0.25, -0.2) is 9.50 Å². The third-order valence-electron chi connectivity index (χ3n) is 4.51. The van der Waals surface area contributed by atoms with E-state index < -0.39 is 24.0 Å². The molecule has 0 aliphatic heterocycles. The molecular weight excluding hydrogens is 379 g/mol. The number of fused-ring (bicyclic) bond motifs is 1. The lowest BCUT2D eigenvalue weighted by atomic mass is 10.1. The summed E-state index contributed by atoms with van der Waals surface area (Å²) in [6.45, 7) is 3.65. The fourth-order valence-electron chi connectivity index (χ4n) is 3.00. The van der Waals surface area contributed by atoms with E-state index in [2.05, 4.69) is 19.8 Å². The van der Waals surface area contributed by atoms with Crippen LogP contribution in [0.1, 0.15) is 34.6 Å². The van der Waals surface area contributed by atoms with Crippen LogP contribution in [-0.4, -0.2) is 37.1 Å². The first-order chi connectivity index (χ1) is 12.7. The Hall–Kier alpha value is -2.49. The number of hydrogen-bond donors (Lipinski definition) is 1. The Kier molecular flexibility index (Phi) is 4.17. The minimum absolute atomic E-state index is 0.0242. The van der Waals surface area contributed by atoms with Crippen LogP contribution in [-0.2, 0) is 0 Å². The van der Waals surface area contributed by atoms with Crippen molar-refractivity contribution in [2.24, 2.45) is 5.92 Å². The van der Waals surface area contributed by atoms with Gasteiger partial charge in [0.05, 0.1) is 22.5 Å². The first-order valence-electron chi connectivity index (χ1n) is 8.40. The largest absolute Gasteiger partial charge is 0.408 e. The van der Waals surface area contributed by atoms with Crippen molar-refractivity contribution >= 4 is 23.1 Å². The summed E-state index contributed by atoms with van der Waals surface area (Å²) in [5.41, 5.74) is 2.42. The molecule has 1 aliphatic carbocycles. The van der Waals surface area contributed by atoms with Crippen molar-refractivity contribution in [3.63, 3.8) is 0 Å². The minimum Gasteiger partial charge on any atom is -0.340 e. The molecule has 3 heterocycles. The number of carbonyl (C=O) groups excluding carboxylic acids is 1. The van der Waals surface area contributed by atoms with E-state index in [-0.39, 0.29) is 11.2 Å². The Morgan fingerprint density at radius 3 is 2.67 bits per heavy atom. The van der Waals surface area contributed by atoms with E-state index in [9.17, 15) is 18.0 Å². The summed E-state index contributed by atoms with van der Waals surface area (Å²) in [6, 6.07) is 1.83. The molecule has 3 aromatic heterocycles. The molecule has 0 aromatic carbocycles. The zero-order valence-corrected chi connectivity index (χ0v) is 15.4. The summed E-state index contributed by atoms with van der Waals surface area (Å²) < 4.78 is 45.3. The SMILES string of the molecule is Cc1cc(-c2cc(C)n3ncc(C(=O)NC(C4CC4)C(F)(F)F)c3n2)sn1. The molecular formula is C17H16F3N5OS. The number of carbonyl (C=O) groups is 1. The smallest absolute Gasteiger partial charge is 0.340 e. The zero-order chi connectivity index (χ0) is 19.3. The van der Waals surface area contributed by atoms with Crippen molar-refractivity contribution in [3.8, 4) is 10.6 Å². The maximum Gasteiger partial charge on any atom is 0.408 e. The maximum absolute atomic E-state index is 13.2. The summed E-state index contributed by atoms with van der Waals surface area (Å²) >= 11 is 1.27. The molecule has 1 amide bonds. The average molecular weight is 395 g/mol. The van der Waals surface area contributed by atoms with Crippen molar-refractivity contribution in [3.05, 3.63) is 35.3 Å². The van der Waals surface area contributed by atoms with E-state index in [4.69, 9.17) is 0 Å². The summed E-state index contributed by atoms with van der Waals surface area (Å²) in [7, 11) is 0. The standard InChI is InChI=1S/C17H16F3N5OS/c1-8-5-13(27-24-8)12-6-9(2)25-15(22-12)11(7-21-25)16(26)23-14(10-3-4-10)17(18,19)20/h5-7,10,14H,3-4H2,1-2H3,(H,23,26). The Labute approximate surface area is 156 Å². The Balaban J connectivity index is 1.71. The second-order valence-electron chi connectivity index (χ2n) is 6.74. The second-order valence-corrected chi connectivity index (χ2v) is 7.54. The normalized spacial score (nSPS) is 15.9. The molecule has 27 heavy (non-hydrogen) atoms. The van der Waals surface area contributed by atoms with Crippen LogP contribution in [0, 0.1) is 19.8 Å². The number of nitrogens with zero attached hydrogens (tertiary/aromatic N) is 4. The summed E-state index contributed by atoms with van der Waals surface area (Å²) in [5.74, 6) is -1.37. The van der Waals surface area contributed by atoms with Gasteiger partial charge >= 0.3 is 6.18 Å². The minimum atomic E-state index is -4.48. The van der Waals surface area contributed by atoms with Crippen molar-refractivity contribution < 1.29 is 18.0 Å². The monoisotopic (exact) mass is 395 g/mol. The quantitative estimate of drug-likeness (QED) is 0.734. The number of halogens is 3. The third-order valence-corrected chi connectivity index (χ3v) is 5.41. The van der Waals surface area contributed by atoms with Gasteiger partial charge in [0, 0.05) is 5.69 Å². The van der Waals surface area contributed by atoms with Gasteiger partial charge in [0.25, 0.3) is 5.91 Å². The van der Waals surface area contributed by atoms with Crippen molar-refractivity contribution in [2.45, 2.75) is 38.9 Å². The van der Waals surface area contributed by atoms with Gasteiger partial charge in [0.1, 0.15) is 11.6 Å². The van der Waals surface area contributed by atoms with Gasteiger partial charge < -0.3 is 5.32 Å². The van der Waals surface area contributed by atoms with Gasteiger partial charge in [-0.3, -0.25) is 4.79 Å². The highest BCUT2D eigenvalue weighted by Gasteiger charge is 2.49. The first-order valence-corrected chi connectivity index (χ1v) is 9.18. The summed E-state index contributed by atoms with van der Waals surface area (Å²) in [6.07, 6.45) is -2.29. The predicted molar refractivity (Wildman–Crippen MR) is 93.6 cm³/mol. The molecule has 1 aliphatic rings. The highest BCUT2D eigenvalue weighted by Crippen LogP contribution is 2.40. The molecule has 1 fully saturated rings. The first kappa shape index (κ1) is 17.9. The van der Waals surface area contributed by atoms with Crippen molar-refractivity contribution in [2.75, 3.05) is 0 Å². The van der Waals surface area contributed by atoms with Crippen LogP contribution in [0.2, 0.25) is 0 Å². The summed E-state index contributed by atoms with van der Waals surface area (Å²) in [4.78, 5) is 17.8. The van der Waals surface area contributed by atoms with Gasteiger partial charge in [0.2, 0.25) is 0 Å². The van der Waals surface area contributed by atoms with Crippen LogP contribution in [0.25, 0.3) is 16.2 Å². The van der Waals surface area contributed by atoms with Gasteiger partial charge in [-0.05, 0) is 56.3 Å². The van der Waals surface area contributed by atoms with E-state index in [1.54, 1.807) is 13.0 Å². The van der Waals surface area contributed by atoms with E-state index in [0.717, 1.165) is 16.3 Å². The Morgan fingerprint density at radius 2 is 2.07 bits per heavy atom. The lowest BCUT2D eigenvalue weighted by Gasteiger charge is -2.20. The van der Waals surface area contributed by atoms with Gasteiger partial charge in [-0.15, -0.1) is 0 Å². The van der Waals surface area contributed by atoms with E-state index >= 15 is 0 Å². The topological polar surface area (TPSA) is 72.2 Å². The molecule has 0 radical (unpaired) electrons. The average Bonchev–Trinajstić information content (AvgIpc) is 3.17. The molecule has 1 saturated carbocycles. The fourth-order valence-corrected chi connectivity index (χ4v) is 3.72. The number of rotatable bonds is 4. The molecule has 4 rings (SSSR count). The molecule has 10 heteroatoms. The van der Waals surface area contributed by atoms with Crippen LogP contribution in [0.3, 0.4) is 0 Å². The third kappa shape index (κ3) is 3.41. The van der Waals surface area contributed by atoms with Gasteiger partial charge in [-0.2, -0.15) is 22.6 Å². The summed E-state index contributed by atoms with van der Waals surface area (Å²) in [5, 5.41) is 6.24. The predicted octanol–water partition coefficient (Wildman–Crippen LogP) is 3.54. The van der Waals surface area contributed by atoms with Crippen LogP contribution in [0.15, 0.2) is 18.3 Å². The molecule has 6 nitrogen and oxygen atoms in total. The maximum atomic E-state index is 13.2. The van der Waals surface area contributed by atoms with Crippen LogP contribution >= 0.6 is 11.5 Å². The van der Waals surface area contributed by atoms with Crippen LogP contribution in [0.5, 0.6) is 0 Å². The number of aryl methyl sites for hydroxylation is 2. The van der Waals surface area contributed by atoms with Gasteiger partial charge in [-0.1, -0.05) is 0 Å². The molecule has 142 valence electrons. The number of hydrogen-bond acceptors (Lipinski definition) is 5. The molecule has 1 atom stereocenters. The second kappa shape index (κ2) is 6.29. The van der Waals surface area contributed by atoms with Crippen molar-refractivity contribution in [1.29, 1.82) is 0 Å². The van der Waals surface area contributed by atoms with E-state index in [1.165, 1.54) is 22.2 Å². The molecule has 1 N–H and O–H groups in total. The number of nitrogens with one attached hydrogen (secondary N) is 1. The van der Waals surface area contributed by atoms with Gasteiger partial charge in [0.15, 0.2) is 5.65 Å².